The molecule has 0 amide bonds. The van der Waals surface area contributed by atoms with Crippen molar-refractivity contribution in [1.82, 2.24) is 0 Å². The summed E-state index contributed by atoms with van der Waals surface area (Å²) in [5, 5.41) is 0. The van der Waals surface area contributed by atoms with Crippen LogP contribution in [0.4, 0.5) is 0 Å². The molecule has 0 aliphatic rings. The van der Waals surface area contributed by atoms with Crippen molar-refractivity contribution in [2.75, 3.05) is 47.5 Å². The van der Waals surface area contributed by atoms with Crippen LogP contribution in [-0.2, 0) is 32.7 Å². The minimum absolute atomic E-state index is 0.0308. The van der Waals surface area contributed by atoms with Crippen LogP contribution in [0.1, 0.15) is 361 Å². The second kappa shape index (κ2) is 70.5. The van der Waals surface area contributed by atoms with Gasteiger partial charge < -0.3 is 27.9 Å². The van der Waals surface area contributed by atoms with E-state index in [1.54, 1.807) is 0 Å². The van der Waals surface area contributed by atoms with Crippen LogP contribution in [0, 0.1) is 0 Å². The number of likely N-dealkylation sites (N-methyl/N-ethyl adjacent to an activating group) is 1. The molecule has 10 heteroatoms. The molecule has 0 radical (unpaired) electrons. The van der Waals surface area contributed by atoms with Gasteiger partial charge in [0.1, 0.15) is 19.8 Å². The van der Waals surface area contributed by atoms with Gasteiger partial charge in [0.05, 0.1) is 27.7 Å². The van der Waals surface area contributed by atoms with E-state index in [9.17, 15) is 19.0 Å². The number of rotatable bonds is 71. The van der Waals surface area contributed by atoms with Crippen LogP contribution in [-0.4, -0.2) is 70.0 Å². The molecule has 0 heterocycles. The molecule has 0 spiro atoms. The largest absolute Gasteiger partial charge is 0.756 e. The lowest BCUT2D eigenvalue weighted by molar-refractivity contribution is -0.870. The molecule has 0 aromatic carbocycles. The molecule has 0 aliphatic carbocycles. The van der Waals surface area contributed by atoms with Gasteiger partial charge in [0.15, 0.2) is 6.10 Å². The normalized spacial score (nSPS) is 13.5. The lowest BCUT2D eigenvalue weighted by Gasteiger charge is -2.28. The topological polar surface area (TPSA) is 111 Å². The van der Waals surface area contributed by atoms with Crippen LogP contribution in [0.3, 0.4) is 0 Å². The quantitative estimate of drug-likeness (QED) is 0.0195. The standard InChI is InChI=1S/C80H146NO8P/c1-6-8-10-12-14-16-18-20-22-24-26-28-30-32-34-36-37-38-39-40-41-42-43-45-46-48-50-52-54-56-58-60-62-64-66-68-70-72-79(82)86-76-78(77-88-90(84,85)87-75-74-81(3,4)5)89-80(83)73-71-69-67-65-63-61-59-57-55-53-51-49-47-44-35-33-31-29-27-25-23-21-19-17-15-13-11-9-7-2/h9,11,15,17-18,20-21,23-24,26-27,29-30,32,78H,6-8,10,12-14,16,19,22,25,28,31,33-77H2,1-5H3/b11-9-,17-15-,20-18-,23-21-,26-24-,29-27-,32-30-. The molecule has 0 N–H and O–H groups in total. The highest BCUT2D eigenvalue weighted by Gasteiger charge is 2.22. The number of esters is 2. The highest BCUT2D eigenvalue weighted by Crippen LogP contribution is 2.38. The first-order chi connectivity index (χ1) is 44.0. The predicted molar refractivity (Wildman–Crippen MR) is 388 cm³/mol. The highest BCUT2D eigenvalue weighted by atomic mass is 31.2. The second-order valence-corrected chi connectivity index (χ2v) is 28.4. The van der Waals surface area contributed by atoms with Gasteiger partial charge in [-0.25, -0.2) is 0 Å². The molecular weight excluding hydrogens is 1130 g/mol. The molecule has 0 saturated carbocycles. The number of unbranched alkanes of at least 4 members (excludes halogenated alkanes) is 43. The number of carbonyl (C=O) groups is 2. The molecule has 2 unspecified atom stereocenters. The van der Waals surface area contributed by atoms with Gasteiger partial charge in [-0.15, -0.1) is 0 Å². The molecule has 524 valence electrons. The lowest BCUT2D eigenvalue weighted by atomic mass is 10.0. The minimum Gasteiger partial charge on any atom is -0.756 e. The summed E-state index contributed by atoms with van der Waals surface area (Å²) in [7, 11) is 1.18. The van der Waals surface area contributed by atoms with Gasteiger partial charge in [0.2, 0.25) is 0 Å². The van der Waals surface area contributed by atoms with Crippen molar-refractivity contribution in [2.24, 2.45) is 0 Å². The third-order valence-electron chi connectivity index (χ3n) is 16.9. The van der Waals surface area contributed by atoms with Crippen molar-refractivity contribution in [1.29, 1.82) is 0 Å². The van der Waals surface area contributed by atoms with Crippen LogP contribution in [0.5, 0.6) is 0 Å². The van der Waals surface area contributed by atoms with E-state index in [0.29, 0.717) is 17.4 Å². The van der Waals surface area contributed by atoms with Gasteiger partial charge in [-0.05, 0) is 89.9 Å². The Morgan fingerprint density at radius 3 is 0.944 bits per heavy atom. The fraction of sp³-hybridized carbons (Fsp3) is 0.800. The maximum atomic E-state index is 12.9. The van der Waals surface area contributed by atoms with Crippen molar-refractivity contribution < 1.29 is 42.1 Å². The van der Waals surface area contributed by atoms with Crippen molar-refractivity contribution >= 4 is 19.8 Å². The van der Waals surface area contributed by atoms with Gasteiger partial charge in [0, 0.05) is 12.8 Å². The summed E-state index contributed by atoms with van der Waals surface area (Å²) < 4.78 is 34.4. The Hall–Kier alpha value is -2.81. The van der Waals surface area contributed by atoms with E-state index in [2.05, 4.69) is 98.9 Å². The average molecular weight is 1280 g/mol. The van der Waals surface area contributed by atoms with Gasteiger partial charge in [-0.1, -0.05) is 343 Å². The highest BCUT2D eigenvalue weighted by molar-refractivity contribution is 7.45. The van der Waals surface area contributed by atoms with Crippen LogP contribution in [0.25, 0.3) is 0 Å². The first-order valence-electron chi connectivity index (χ1n) is 38.3. The Morgan fingerprint density at radius 1 is 0.356 bits per heavy atom. The zero-order valence-corrected chi connectivity index (χ0v) is 60.7. The summed E-state index contributed by atoms with van der Waals surface area (Å²) in [6.45, 7) is 4.17. The molecular formula is C80H146NO8P. The number of hydrogen-bond acceptors (Lipinski definition) is 8. The second-order valence-electron chi connectivity index (χ2n) is 27.0. The molecule has 0 rings (SSSR count). The number of ether oxygens (including phenoxy) is 2. The average Bonchev–Trinajstić information content (AvgIpc) is 3.58. The van der Waals surface area contributed by atoms with E-state index in [4.69, 9.17) is 18.5 Å². The third-order valence-corrected chi connectivity index (χ3v) is 17.9. The fourth-order valence-corrected chi connectivity index (χ4v) is 11.8. The molecule has 2 atom stereocenters. The van der Waals surface area contributed by atoms with E-state index in [-0.39, 0.29) is 32.0 Å². The van der Waals surface area contributed by atoms with Crippen LogP contribution >= 0.6 is 7.82 Å². The minimum atomic E-state index is -4.65. The first kappa shape index (κ1) is 87.2. The molecule has 0 bridgehead atoms. The molecule has 0 aliphatic heterocycles. The zero-order chi connectivity index (χ0) is 65.5. The number of quaternary nitrogens is 1. The maximum Gasteiger partial charge on any atom is 0.306 e. The van der Waals surface area contributed by atoms with Crippen molar-refractivity contribution in [2.45, 2.75) is 367 Å². The Balaban J connectivity index is 3.95. The maximum absolute atomic E-state index is 12.9. The summed E-state index contributed by atoms with van der Waals surface area (Å²) >= 11 is 0. The number of hydrogen-bond donors (Lipinski definition) is 0. The lowest BCUT2D eigenvalue weighted by Crippen LogP contribution is -2.37. The van der Waals surface area contributed by atoms with Crippen molar-refractivity contribution in [3.05, 3.63) is 85.1 Å². The number of nitrogens with zero attached hydrogens (tertiary/aromatic N) is 1. The van der Waals surface area contributed by atoms with Crippen LogP contribution < -0.4 is 4.89 Å². The van der Waals surface area contributed by atoms with Crippen molar-refractivity contribution in [3.8, 4) is 0 Å². The molecule has 0 aromatic rings. The SMILES string of the molecule is CC/C=C\C/C=C\C/C=C\C/C=C\CCCCCCCCCCCCCCCCCCC(=O)OC(COC(=O)CCCCCCCCCCCCCCCCCCCCCCCC/C=C\C/C=C\C/C=C\CCCCCCC)COP(=O)([O-])OCC[N+](C)(C)C. The molecule has 0 aromatic heterocycles. The van der Waals surface area contributed by atoms with Crippen LogP contribution in [0.2, 0.25) is 0 Å². The van der Waals surface area contributed by atoms with Crippen LogP contribution in [0.15, 0.2) is 85.1 Å². The number of allylic oxidation sites excluding steroid dienone is 14. The summed E-state index contributed by atoms with van der Waals surface area (Å²) in [5.74, 6) is -0.818. The van der Waals surface area contributed by atoms with E-state index >= 15 is 0 Å². The van der Waals surface area contributed by atoms with Gasteiger partial charge >= 0.3 is 11.9 Å². The number of phosphoric ester groups is 1. The van der Waals surface area contributed by atoms with E-state index in [1.165, 1.54) is 250 Å². The molecule has 0 fully saturated rings. The Kier molecular flexibility index (Phi) is 68.3. The third kappa shape index (κ3) is 74.2. The first-order valence-corrected chi connectivity index (χ1v) is 39.8. The predicted octanol–water partition coefficient (Wildman–Crippen LogP) is 24.6. The number of phosphoric acid groups is 1. The summed E-state index contributed by atoms with van der Waals surface area (Å²) in [6, 6.07) is 0. The number of carbonyl (C=O) groups excluding carboxylic acids is 2. The molecule has 0 saturated heterocycles. The van der Waals surface area contributed by atoms with Gasteiger partial charge in [-0.2, -0.15) is 0 Å². The smallest absolute Gasteiger partial charge is 0.306 e. The molecule has 90 heavy (non-hydrogen) atoms. The molecule has 9 nitrogen and oxygen atoms in total. The van der Waals surface area contributed by atoms with Crippen molar-refractivity contribution in [3.63, 3.8) is 0 Å². The Bertz CT molecular complexity index is 1800. The van der Waals surface area contributed by atoms with E-state index < -0.39 is 26.5 Å². The van der Waals surface area contributed by atoms with Gasteiger partial charge in [0.25, 0.3) is 7.82 Å². The zero-order valence-electron chi connectivity index (χ0n) is 59.8. The summed E-state index contributed by atoms with van der Waals surface area (Å²) in [4.78, 5) is 38.1. The summed E-state index contributed by atoms with van der Waals surface area (Å²) in [6.07, 6.45) is 96.9. The van der Waals surface area contributed by atoms with E-state index in [1.807, 2.05) is 21.1 Å². The monoisotopic (exact) mass is 1280 g/mol. The summed E-state index contributed by atoms with van der Waals surface area (Å²) in [5.41, 5.74) is 0. The fourth-order valence-electron chi connectivity index (χ4n) is 11.1. The Morgan fingerprint density at radius 2 is 0.633 bits per heavy atom. The van der Waals surface area contributed by atoms with Gasteiger partial charge in [-0.3, -0.25) is 14.2 Å². The van der Waals surface area contributed by atoms with E-state index in [0.717, 1.165) is 77.0 Å². The Labute approximate surface area is 558 Å².